The van der Waals surface area contributed by atoms with Gasteiger partial charge in [-0.15, -0.1) is 0 Å². The first-order valence-corrected chi connectivity index (χ1v) is 13.1. The molecule has 2 aliphatic carbocycles. The Bertz CT molecular complexity index is 749. The number of allylic oxidation sites excluding steroid dienone is 5. The summed E-state index contributed by atoms with van der Waals surface area (Å²) in [6.07, 6.45) is 30.5. The van der Waals surface area contributed by atoms with Gasteiger partial charge in [-0.2, -0.15) is 0 Å². The first-order valence-electron chi connectivity index (χ1n) is 13.1. The molecule has 2 nitrogen and oxygen atoms in total. The molecule has 3 rings (SSSR count). The minimum Gasteiger partial charge on any atom is -0.361 e. The van der Waals surface area contributed by atoms with Gasteiger partial charge in [-0.05, 0) is 30.9 Å². The number of unbranched alkanes of at least 4 members (excludes halogenated alkanes) is 10. The van der Waals surface area contributed by atoms with Gasteiger partial charge in [0.15, 0.2) is 5.78 Å². The number of hydrogen-bond donors (Lipinski definition) is 0. The SMILES string of the molecule is CCCCCCCCCCC1=C2C=C3C=CC=CC3N(CCCCCC)C2=CCC1=O. The van der Waals surface area contributed by atoms with Gasteiger partial charge in [0.1, 0.15) is 0 Å². The lowest BCUT2D eigenvalue weighted by Gasteiger charge is -2.41. The number of rotatable bonds is 14. The van der Waals surface area contributed by atoms with E-state index in [0.29, 0.717) is 18.2 Å². The summed E-state index contributed by atoms with van der Waals surface area (Å²) in [6.45, 7) is 5.62. The predicted octanol–water partition coefficient (Wildman–Crippen LogP) is 7.99. The van der Waals surface area contributed by atoms with Crippen molar-refractivity contribution in [1.29, 1.82) is 0 Å². The number of ketones is 1. The van der Waals surface area contributed by atoms with Crippen molar-refractivity contribution in [3.8, 4) is 0 Å². The number of hydrogen-bond acceptors (Lipinski definition) is 2. The third-order valence-corrected chi connectivity index (χ3v) is 6.94. The number of Topliss-reactive ketones (excluding diaryl/α,β-unsaturated/α-hetero) is 1. The molecule has 0 saturated carbocycles. The summed E-state index contributed by atoms with van der Waals surface area (Å²) in [5.74, 6) is 0.346. The Morgan fingerprint density at radius 2 is 1.55 bits per heavy atom. The zero-order chi connectivity index (χ0) is 21.9. The van der Waals surface area contributed by atoms with Crippen LogP contribution >= 0.6 is 0 Å². The fourth-order valence-corrected chi connectivity index (χ4v) is 5.12. The Hall–Kier alpha value is -1.83. The summed E-state index contributed by atoms with van der Waals surface area (Å²) in [5, 5.41) is 0. The van der Waals surface area contributed by atoms with Gasteiger partial charge in [0.2, 0.25) is 0 Å². The number of fused-ring (bicyclic) bond motifs is 2. The van der Waals surface area contributed by atoms with Crippen LogP contribution in [0.3, 0.4) is 0 Å². The van der Waals surface area contributed by atoms with E-state index in [0.717, 1.165) is 25.0 Å². The van der Waals surface area contributed by atoms with Gasteiger partial charge >= 0.3 is 0 Å². The second-order valence-corrected chi connectivity index (χ2v) is 9.42. The van der Waals surface area contributed by atoms with Gasteiger partial charge in [0.25, 0.3) is 0 Å². The molecular formula is C29H43NO. The van der Waals surface area contributed by atoms with Crippen molar-refractivity contribution < 1.29 is 4.79 Å². The minimum atomic E-state index is 0.333. The van der Waals surface area contributed by atoms with Crippen LogP contribution in [0.25, 0.3) is 0 Å². The van der Waals surface area contributed by atoms with Crippen molar-refractivity contribution >= 4 is 5.78 Å². The normalized spacial score (nSPS) is 20.0. The molecule has 1 heterocycles. The second-order valence-electron chi connectivity index (χ2n) is 9.42. The maximum atomic E-state index is 12.9. The minimum absolute atomic E-state index is 0.333. The summed E-state index contributed by atoms with van der Waals surface area (Å²) >= 11 is 0. The molecule has 0 spiro atoms. The lowest BCUT2D eigenvalue weighted by atomic mass is 9.83. The van der Waals surface area contributed by atoms with Crippen molar-refractivity contribution in [2.45, 2.75) is 110 Å². The van der Waals surface area contributed by atoms with Crippen LogP contribution in [0, 0.1) is 0 Å². The molecule has 31 heavy (non-hydrogen) atoms. The third kappa shape index (κ3) is 6.57. The van der Waals surface area contributed by atoms with Gasteiger partial charge in [0, 0.05) is 29.8 Å². The fraction of sp³-hybridized carbons (Fsp3) is 0.621. The highest BCUT2D eigenvalue weighted by Gasteiger charge is 2.32. The molecule has 0 radical (unpaired) electrons. The smallest absolute Gasteiger partial charge is 0.163 e. The molecular weight excluding hydrogens is 378 g/mol. The van der Waals surface area contributed by atoms with Gasteiger partial charge in [0.05, 0.1) is 6.04 Å². The van der Waals surface area contributed by atoms with Crippen LogP contribution in [-0.2, 0) is 4.79 Å². The maximum absolute atomic E-state index is 12.9. The topological polar surface area (TPSA) is 20.3 Å². The van der Waals surface area contributed by atoms with Crippen LogP contribution in [0.5, 0.6) is 0 Å². The first kappa shape index (κ1) is 23.8. The van der Waals surface area contributed by atoms with Gasteiger partial charge in [-0.25, -0.2) is 0 Å². The van der Waals surface area contributed by atoms with Crippen molar-refractivity contribution in [3.05, 3.63) is 58.9 Å². The van der Waals surface area contributed by atoms with Crippen molar-refractivity contribution in [2.75, 3.05) is 6.54 Å². The molecule has 0 N–H and O–H groups in total. The van der Waals surface area contributed by atoms with E-state index in [4.69, 9.17) is 0 Å². The zero-order valence-corrected chi connectivity index (χ0v) is 20.0. The molecule has 0 aromatic carbocycles. The molecule has 170 valence electrons. The summed E-state index contributed by atoms with van der Waals surface area (Å²) in [6, 6.07) is 0.333. The second kappa shape index (κ2) is 12.9. The van der Waals surface area contributed by atoms with Crippen LogP contribution in [0.2, 0.25) is 0 Å². The lowest BCUT2D eigenvalue weighted by molar-refractivity contribution is -0.115. The number of carbonyl (C=O) groups is 1. The van der Waals surface area contributed by atoms with Crippen LogP contribution in [0.4, 0.5) is 0 Å². The molecule has 0 saturated heterocycles. The summed E-state index contributed by atoms with van der Waals surface area (Å²) < 4.78 is 0. The predicted molar refractivity (Wildman–Crippen MR) is 133 cm³/mol. The maximum Gasteiger partial charge on any atom is 0.163 e. The van der Waals surface area contributed by atoms with Crippen LogP contribution in [-0.4, -0.2) is 23.3 Å². The van der Waals surface area contributed by atoms with E-state index in [-0.39, 0.29) is 0 Å². The lowest BCUT2D eigenvalue weighted by Crippen LogP contribution is -2.40. The highest BCUT2D eigenvalue weighted by molar-refractivity contribution is 6.00. The Kier molecular flexibility index (Phi) is 9.90. The summed E-state index contributed by atoms with van der Waals surface area (Å²) in [5.41, 5.74) is 4.98. The molecule has 3 aliphatic rings. The third-order valence-electron chi connectivity index (χ3n) is 6.94. The van der Waals surface area contributed by atoms with E-state index in [1.54, 1.807) is 0 Å². The van der Waals surface area contributed by atoms with Gasteiger partial charge in [-0.1, -0.05) is 108 Å². The van der Waals surface area contributed by atoms with Crippen LogP contribution in [0.1, 0.15) is 104 Å². The molecule has 0 bridgehead atoms. The quantitative estimate of drug-likeness (QED) is 0.265. The molecule has 0 aromatic rings. The Balaban J connectivity index is 1.67. The van der Waals surface area contributed by atoms with Crippen molar-refractivity contribution in [3.63, 3.8) is 0 Å². The highest BCUT2D eigenvalue weighted by atomic mass is 16.1. The molecule has 0 aromatic heterocycles. The van der Waals surface area contributed by atoms with Crippen molar-refractivity contribution in [2.24, 2.45) is 0 Å². The molecule has 1 aliphatic heterocycles. The van der Waals surface area contributed by atoms with E-state index in [2.05, 4.69) is 55.2 Å². The molecule has 1 atom stereocenters. The molecule has 2 heteroatoms. The van der Waals surface area contributed by atoms with E-state index >= 15 is 0 Å². The standard InChI is InChI=1S/C29H43NO/c1-3-5-7-9-10-11-12-13-18-25-26-23-24-17-14-15-19-27(24)30(22-16-8-6-4-2)28(26)20-21-29(25)31/h14-15,17,19-20,23,27H,3-13,16,18,21-22H2,1-2H3. The Morgan fingerprint density at radius 1 is 0.871 bits per heavy atom. The number of carbonyl (C=O) groups excluding carboxylic acids is 1. The molecule has 0 fully saturated rings. The van der Waals surface area contributed by atoms with E-state index < -0.39 is 0 Å². The number of nitrogens with zero attached hydrogens (tertiary/aromatic N) is 1. The molecule has 1 unspecified atom stereocenters. The highest BCUT2D eigenvalue weighted by Crippen LogP contribution is 2.38. The van der Waals surface area contributed by atoms with E-state index in [1.165, 1.54) is 87.5 Å². The average molecular weight is 422 g/mol. The zero-order valence-electron chi connectivity index (χ0n) is 20.0. The van der Waals surface area contributed by atoms with E-state index in [9.17, 15) is 4.79 Å². The first-order chi connectivity index (χ1) is 15.3. The Morgan fingerprint density at radius 3 is 2.29 bits per heavy atom. The van der Waals surface area contributed by atoms with E-state index in [1.807, 2.05) is 0 Å². The molecule has 0 amide bonds. The summed E-state index contributed by atoms with van der Waals surface area (Å²) in [4.78, 5) is 15.4. The van der Waals surface area contributed by atoms with Crippen LogP contribution in [0.15, 0.2) is 58.9 Å². The monoisotopic (exact) mass is 421 g/mol. The van der Waals surface area contributed by atoms with Gasteiger partial charge in [-0.3, -0.25) is 4.79 Å². The van der Waals surface area contributed by atoms with Crippen molar-refractivity contribution in [1.82, 2.24) is 4.90 Å². The van der Waals surface area contributed by atoms with Gasteiger partial charge < -0.3 is 4.90 Å². The largest absolute Gasteiger partial charge is 0.361 e. The van der Waals surface area contributed by atoms with Crippen LogP contribution < -0.4 is 0 Å². The fourth-order valence-electron chi connectivity index (χ4n) is 5.12. The summed E-state index contributed by atoms with van der Waals surface area (Å²) in [7, 11) is 0. The Labute approximate surface area is 190 Å². The average Bonchev–Trinajstić information content (AvgIpc) is 2.79.